The highest BCUT2D eigenvalue weighted by Gasteiger charge is 2.37. The van der Waals surface area contributed by atoms with Crippen molar-refractivity contribution in [1.82, 2.24) is 9.80 Å². The van der Waals surface area contributed by atoms with E-state index >= 15 is 0 Å². The van der Waals surface area contributed by atoms with Gasteiger partial charge < -0.3 is 19.5 Å². The second-order valence-electron chi connectivity index (χ2n) is 8.62. The molecule has 1 N–H and O–H groups in total. The van der Waals surface area contributed by atoms with Gasteiger partial charge in [0.25, 0.3) is 11.8 Å². The van der Waals surface area contributed by atoms with Gasteiger partial charge in [-0.2, -0.15) is 0 Å². The van der Waals surface area contributed by atoms with Gasteiger partial charge in [0.15, 0.2) is 0 Å². The molecule has 1 aromatic carbocycles. The predicted octanol–water partition coefficient (Wildman–Crippen LogP) is 1.02. The maximum Gasteiger partial charge on any atom is 0.410 e. The fraction of sp³-hybridized carbons (Fsp3) is 0.524. The number of carbonyl (C=O) groups excluding carboxylic acids is 3. The van der Waals surface area contributed by atoms with Gasteiger partial charge in [0.1, 0.15) is 12.1 Å². The Balaban J connectivity index is 2.31. The van der Waals surface area contributed by atoms with Gasteiger partial charge in [-0.1, -0.05) is 0 Å². The zero-order chi connectivity index (χ0) is 25.8. The van der Waals surface area contributed by atoms with E-state index in [-0.39, 0.29) is 43.1 Å². The lowest BCUT2D eigenvalue weighted by atomic mass is 10.1. The average molecular weight is 500 g/mol. The smallest absolute Gasteiger partial charge is 0.410 e. The largest absolute Gasteiger partial charge is 0.480 e. The van der Waals surface area contributed by atoms with Crippen molar-refractivity contribution in [3.8, 4) is 0 Å². The van der Waals surface area contributed by atoms with Crippen LogP contribution in [0.2, 0.25) is 0 Å². The molecule has 13 heteroatoms. The number of aliphatic carboxylic acids is 1. The number of hydrogen-bond acceptors (Lipinski definition) is 8. The Kier molecular flexibility index (Phi) is 8.26. The van der Waals surface area contributed by atoms with E-state index in [9.17, 15) is 27.6 Å². The quantitative estimate of drug-likeness (QED) is 0.465. The molecule has 12 nitrogen and oxygen atoms in total. The van der Waals surface area contributed by atoms with Gasteiger partial charge in [0.05, 0.1) is 36.2 Å². The summed E-state index contributed by atoms with van der Waals surface area (Å²) in [7, 11) is -2.39. The van der Waals surface area contributed by atoms with E-state index < -0.39 is 46.0 Å². The van der Waals surface area contributed by atoms with Crippen LogP contribution in [0, 0.1) is 0 Å². The minimum Gasteiger partial charge on any atom is -0.480 e. The predicted molar refractivity (Wildman–Crippen MR) is 121 cm³/mol. The number of carbonyl (C=O) groups is 4. The van der Waals surface area contributed by atoms with Crippen molar-refractivity contribution in [2.45, 2.75) is 26.4 Å². The van der Waals surface area contributed by atoms with Crippen LogP contribution in [-0.4, -0.2) is 99.0 Å². The lowest BCUT2D eigenvalue weighted by Crippen LogP contribution is -2.44. The van der Waals surface area contributed by atoms with E-state index in [4.69, 9.17) is 14.6 Å². The fourth-order valence-corrected chi connectivity index (χ4v) is 4.14. The van der Waals surface area contributed by atoms with Crippen LogP contribution in [0.15, 0.2) is 18.2 Å². The number of rotatable bonds is 10. The summed E-state index contributed by atoms with van der Waals surface area (Å²) in [6.45, 7) is 4.47. The summed E-state index contributed by atoms with van der Waals surface area (Å²) in [4.78, 5) is 50.4. The first-order valence-corrected chi connectivity index (χ1v) is 12.2. The molecule has 0 bridgehead atoms. The molecule has 34 heavy (non-hydrogen) atoms. The second-order valence-corrected chi connectivity index (χ2v) is 10.5. The molecule has 0 saturated heterocycles. The summed E-state index contributed by atoms with van der Waals surface area (Å²) >= 11 is 0. The number of methoxy groups -OCH3 is 1. The Hall–Kier alpha value is -3.19. The number of ether oxygens (including phenoxy) is 2. The topological polar surface area (TPSA) is 151 Å². The zero-order valence-corrected chi connectivity index (χ0v) is 20.5. The number of carboxylic acids is 1. The van der Waals surface area contributed by atoms with E-state index in [1.807, 2.05) is 0 Å². The van der Waals surface area contributed by atoms with Crippen molar-refractivity contribution >= 4 is 39.6 Å². The van der Waals surface area contributed by atoms with Crippen LogP contribution < -0.4 is 4.31 Å². The highest BCUT2D eigenvalue weighted by atomic mass is 32.2. The van der Waals surface area contributed by atoms with Crippen LogP contribution in [0.3, 0.4) is 0 Å². The van der Waals surface area contributed by atoms with Gasteiger partial charge in [-0.05, 0) is 39.0 Å². The fourth-order valence-electron chi connectivity index (χ4n) is 3.23. The Bertz CT molecular complexity index is 1080. The highest BCUT2D eigenvalue weighted by Crippen LogP contribution is 2.28. The monoisotopic (exact) mass is 499 g/mol. The Labute approximate surface area is 198 Å². The first-order chi connectivity index (χ1) is 15.7. The van der Waals surface area contributed by atoms with Crippen molar-refractivity contribution < 1.29 is 42.2 Å². The second kappa shape index (κ2) is 10.4. The van der Waals surface area contributed by atoms with E-state index in [2.05, 4.69) is 0 Å². The molecule has 0 spiro atoms. The molecule has 0 radical (unpaired) electrons. The number of carboxylic acid groups (broad SMARTS) is 1. The third kappa shape index (κ3) is 6.67. The van der Waals surface area contributed by atoms with Crippen molar-refractivity contribution in [2.24, 2.45) is 0 Å². The summed E-state index contributed by atoms with van der Waals surface area (Å²) in [6.07, 6.45) is 0.328. The molecule has 3 amide bonds. The summed E-state index contributed by atoms with van der Waals surface area (Å²) in [5.74, 6) is -2.95. The lowest BCUT2D eigenvalue weighted by Gasteiger charge is -2.30. The first-order valence-electron chi connectivity index (χ1n) is 10.3. The molecular weight excluding hydrogens is 470 g/mol. The van der Waals surface area contributed by atoms with Crippen molar-refractivity contribution in [2.75, 3.05) is 50.5 Å². The van der Waals surface area contributed by atoms with Crippen LogP contribution in [0.1, 0.15) is 41.5 Å². The molecule has 0 atom stereocenters. The maximum atomic E-state index is 12.6. The standard InChI is InChI=1S/C21H29N3O9S/c1-21(2,3)33-20(29)22(10-11-32-4)8-9-24(34(5,30)31)14-6-7-15-16(12-14)19(28)23(18(15)27)13-17(25)26/h6-7,12H,8-11,13H2,1-5H3,(H,25,26). The summed E-state index contributed by atoms with van der Waals surface area (Å²) in [5, 5.41) is 8.95. The SMILES string of the molecule is COCCN(CCN(c1ccc2c(c1)C(=O)N(CC(=O)O)C2=O)S(C)(=O)=O)C(=O)OC(C)(C)C. The molecule has 0 saturated carbocycles. The average Bonchev–Trinajstić information content (AvgIpc) is 2.92. The zero-order valence-electron chi connectivity index (χ0n) is 19.7. The van der Waals surface area contributed by atoms with Gasteiger partial charge in [0, 0.05) is 20.2 Å². The number of anilines is 1. The van der Waals surface area contributed by atoms with Crippen LogP contribution in [0.25, 0.3) is 0 Å². The number of fused-ring (bicyclic) bond motifs is 1. The Morgan fingerprint density at radius 1 is 1.06 bits per heavy atom. The maximum absolute atomic E-state index is 12.6. The van der Waals surface area contributed by atoms with E-state index in [1.54, 1.807) is 20.8 Å². The highest BCUT2D eigenvalue weighted by molar-refractivity contribution is 7.92. The molecule has 188 valence electrons. The van der Waals surface area contributed by atoms with E-state index in [1.165, 1.54) is 30.2 Å². The number of nitrogens with zero attached hydrogens (tertiary/aromatic N) is 3. The molecule has 1 aliphatic heterocycles. The van der Waals surface area contributed by atoms with Crippen molar-refractivity contribution in [1.29, 1.82) is 0 Å². The summed E-state index contributed by atoms with van der Waals surface area (Å²) in [5.41, 5.74) is -0.775. The van der Waals surface area contributed by atoms with Gasteiger partial charge in [-0.25, -0.2) is 13.2 Å². The third-order valence-corrected chi connectivity index (χ3v) is 5.92. The molecule has 0 aliphatic carbocycles. The van der Waals surface area contributed by atoms with Gasteiger partial charge >= 0.3 is 12.1 Å². The van der Waals surface area contributed by atoms with E-state index in [0.717, 1.165) is 10.6 Å². The molecule has 1 aromatic rings. The molecule has 0 fully saturated rings. The van der Waals surface area contributed by atoms with Crippen LogP contribution in [-0.2, 0) is 24.3 Å². The molecule has 0 unspecified atom stereocenters. The summed E-state index contributed by atoms with van der Waals surface area (Å²) < 4.78 is 36.5. The number of benzene rings is 1. The molecule has 1 aliphatic rings. The Morgan fingerprint density at radius 3 is 2.21 bits per heavy atom. The molecule has 1 heterocycles. The molecule has 2 rings (SSSR count). The number of hydrogen-bond donors (Lipinski definition) is 1. The van der Waals surface area contributed by atoms with Crippen LogP contribution >= 0.6 is 0 Å². The number of amides is 3. The number of imide groups is 1. The number of sulfonamides is 1. The molecular formula is C21H29N3O9S. The van der Waals surface area contributed by atoms with Crippen LogP contribution in [0.4, 0.5) is 10.5 Å². The van der Waals surface area contributed by atoms with Crippen molar-refractivity contribution in [3.05, 3.63) is 29.3 Å². The minimum absolute atomic E-state index is 0.0149. The third-order valence-electron chi connectivity index (χ3n) is 4.73. The van der Waals surface area contributed by atoms with Gasteiger partial charge in [0.2, 0.25) is 10.0 Å². The molecule has 0 aromatic heterocycles. The normalized spacial score (nSPS) is 13.6. The first kappa shape index (κ1) is 27.1. The minimum atomic E-state index is -3.86. The van der Waals surface area contributed by atoms with Gasteiger partial charge in [-0.3, -0.25) is 23.6 Å². The Morgan fingerprint density at radius 2 is 1.68 bits per heavy atom. The van der Waals surface area contributed by atoms with E-state index in [0.29, 0.717) is 4.90 Å². The summed E-state index contributed by atoms with van der Waals surface area (Å²) in [6, 6.07) is 3.86. The van der Waals surface area contributed by atoms with Crippen molar-refractivity contribution in [3.63, 3.8) is 0 Å². The lowest BCUT2D eigenvalue weighted by molar-refractivity contribution is -0.137. The van der Waals surface area contributed by atoms with Gasteiger partial charge in [-0.15, -0.1) is 0 Å². The van der Waals surface area contributed by atoms with Crippen LogP contribution in [0.5, 0.6) is 0 Å².